The van der Waals surface area contributed by atoms with Gasteiger partial charge in [0.15, 0.2) is 0 Å². The average Bonchev–Trinajstić information content (AvgIpc) is 2.53. The number of fused-ring (bicyclic) bond motifs is 1. The van der Waals surface area contributed by atoms with Crippen molar-refractivity contribution in [3.63, 3.8) is 0 Å². The highest BCUT2D eigenvalue weighted by atomic mass is 16.4. The third kappa shape index (κ3) is 2.84. The number of aromatic carboxylic acids is 1. The molecule has 1 aromatic heterocycles. The lowest BCUT2D eigenvalue weighted by atomic mass is 9.96. The maximum absolute atomic E-state index is 11.4. The van der Waals surface area contributed by atoms with E-state index in [-0.39, 0.29) is 11.5 Å². The van der Waals surface area contributed by atoms with Crippen molar-refractivity contribution in [3.8, 4) is 0 Å². The van der Waals surface area contributed by atoms with Crippen molar-refractivity contribution >= 4 is 28.5 Å². The van der Waals surface area contributed by atoms with Crippen molar-refractivity contribution in [2.75, 3.05) is 18.0 Å². The summed E-state index contributed by atoms with van der Waals surface area (Å²) in [7, 11) is 0. The number of rotatable bonds is 3. The minimum absolute atomic E-state index is 0.188. The molecule has 2 N–H and O–H groups in total. The zero-order chi connectivity index (χ0) is 16.6. The van der Waals surface area contributed by atoms with E-state index in [0.29, 0.717) is 31.4 Å². The van der Waals surface area contributed by atoms with Crippen LogP contribution in [0.1, 0.15) is 28.9 Å². The number of carbonyl (C=O) groups is 2. The summed E-state index contributed by atoms with van der Waals surface area (Å²) in [6.45, 7) is 3.13. The molecule has 0 unspecified atom stereocenters. The molecule has 0 radical (unpaired) electrons. The topological polar surface area (TPSA) is 90.7 Å². The fourth-order valence-corrected chi connectivity index (χ4v) is 3.16. The Balaban J connectivity index is 2.03. The van der Waals surface area contributed by atoms with Crippen molar-refractivity contribution in [2.45, 2.75) is 19.8 Å². The standard InChI is InChI=1S/C17H18N2O4/c1-10-9-14(19-7-5-11(6-8-19)16(20)21)12-3-2-4-13(17(22)23)15(12)18-10/h2-4,9,11H,5-8H2,1H3,(H,20,21)(H,22,23). The Kier molecular flexibility index (Phi) is 3.90. The molecular weight excluding hydrogens is 296 g/mol. The number of aryl methyl sites for hydroxylation is 1. The zero-order valence-corrected chi connectivity index (χ0v) is 12.8. The van der Waals surface area contributed by atoms with Gasteiger partial charge in [-0.3, -0.25) is 9.78 Å². The molecule has 1 fully saturated rings. The molecule has 2 aromatic rings. The molecule has 0 saturated carbocycles. The summed E-state index contributed by atoms with van der Waals surface area (Å²) in [5.74, 6) is -2.03. The van der Waals surface area contributed by atoms with Crippen LogP contribution < -0.4 is 4.90 Å². The molecule has 3 rings (SSSR count). The molecule has 1 saturated heterocycles. The molecule has 2 heterocycles. The number of aliphatic carboxylic acids is 1. The van der Waals surface area contributed by atoms with Crippen LogP contribution in [0.15, 0.2) is 24.3 Å². The van der Waals surface area contributed by atoms with Crippen LogP contribution in [0.4, 0.5) is 5.69 Å². The number of anilines is 1. The van der Waals surface area contributed by atoms with E-state index in [2.05, 4.69) is 9.88 Å². The Morgan fingerprint density at radius 2 is 1.91 bits per heavy atom. The molecule has 0 atom stereocenters. The summed E-state index contributed by atoms with van der Waals surface area (Å²) in [6, 6.07) is 7.08. The van der Waals surface area contributed by atoms with Gasteiger partial charge in [-0.15, -0.1) is 0 Å². The van der Waals surface area contributed by atoms with Gasteiger partial charge in [-0.25, -0.2) is 4.79 Å². The van der Waals surface area contributed by atoms with Crippen molar-refractivity contribution < 1.29 is 19.8 Å². The summed E-state index contributed by atoms with van der Waals surface area (Å²) >= 11 is 0. The molecule has 1 aliphatic rings. The smallest absolute Gasteiger partial charge is 0.337 e. The Morgan fingerprint density at radius 1 is 1.22 bits per heavy atom. The maximum atomic E-state index is 11.4. The Morgan fingerprint density at radius 3 is 2.52 bits per heavy atom. The lowest BCUT2D eigenvalue weighted by Gasteiger charge is -2.33. The number of benzene rings is 1. The van der Waals surface area contributed by atoms with Crippen LogP contribution in [0.25, 0.3) is 10.9 Å². The zero-order valence-electron chi connectivity index (χ0n) is 12.8. The van der Waals surface area contributed by atoms with Crippen molar-refractivity contribution in [1.29, 1.82) is 0 Å². The van der Waals surface area contributed by atoms with E-state index < -0.39 is 11.9 Å². The number of carboxylic acid groups (broad SMARTS) is 2. The van der Waals surface area contributed by atoms with Gasteiger partial charge in [0, 0.05) is 29.9 Å². The SMILES string of the molecule is Cc1cc(N2CCC(C(=O)O)CC2)c2cccc(C(=O)O)c2n1. The first-order valence-corrected chi connectivity index (χ1v) is 7.59. The van der Waals surface area contributed by atoms with E-state index in [4.69, 9.17) is 5.11 Å². The lowest BCUT2D eigenvalue weighted by molar-refractivity contribution is -0.142. The van der Waals surface area contributed by atoms with Crippen LogP contribution in [0.2, 0.25) is 0 Å². The molecule has 0 bridgehead atoms. The van der Waals surface area contributed by atoms with Crippen molar-refractivity contribution in [1.82, 2.24) is 4.98 Å². The van der Waals surface area contributed by atoms with Gasteiger partial charge >= 0.3 is 11.9 Å². The van der Waals surface area contributed by atoms with Crippen molar-refractivity contribution in [2.24, 2.45) is 5.92 Å². The monoisotopic (exact) mass is 314 g/mol. The first-order valence-electron chi connectivity index (χ1n) is 7.59. The second kappa shape index (κ2) is 5.87. The van der Waals surface area contributed by atoms with Gasteiger partial charge in [0.25, 0.3) is 0 Å². The first-order chi connectivity index (χ1) is 11.0. The molecular formula is C17H18N2O4. The number of piperidine rings is 1. The Labute approximate surface area is 133 Å². The van der Waals surface area contributed by atoms with E-state index in [1.54, 1.807) is 12.1 Å². The second-order valence-electron chi connectivity index (χ2n) is 5.89. The van der Waals surface area contributed by atoms with Gasteiger partial charge in [-0.2, -0.15) is 0 Å². The average molecular weight is 314 g/mol. The number of aromatic nitrogens is 1. The largest absolute Gasteiger partial charge is 0.481 e. The maximum Gasteiger partial charge on any atom is 0.337 e. The van der Waals surface area contributed by atoms with Crippen LogP contribution in [0, 0.1) is 12.8 Å². The third-order valence-electron chi connectivity index (χ3n) is 4.36. The fraction of sp³-hybridized carbons (Fsp3) is 0.353. The molecule has 23 heavy (non-hydrogen) atoms. The van der Waals surface area contributed by atoms with E-state index >= 15 is 0 Å². The van der Waals surface area contributed by atoms with E-state index in [1.807, 2.05) is 19.1 Å². The quantitative estimate of drug-likeness (QED) is 0.904. The van der Waals surface area contributed by atoms with Gasteiger partial charge in [-0.1, -0.05) is 12.1 Å². The molecule has 0 amide bonds. The summed E-state index contributed by atoms with van der Waals surface area (Å²) in [5.41, 5.74) is 2.35. The molecule has 0 spiro atoms. The molecule has 0 aliphatic carbocycles. The Hall–Kier alpha value is -2.63. The van der Waals surface area contributed by atoms with Gasteiger partial charge < -0.3 is 15.1 Å². The highest BCUT2D eigenvalue weighted by Gasteiger charge is 2.26. The summed E-state index contributed by atoms with van der Waals surface area (Å²) in [5, 5.41) is 19.3. The van der Waals surface area contributed by atoms with Gasteiger partial charge in [0.1, 0.15) is 0 Å². The van der Waals surface area contributed by atoms with Crippen LogP contribution in [-0.4, -0.2) is 40.2 Å². The fourth-order valence-electron chi connectivity index (χ4n) is 3.16. The van der Waals surface area contributed by atoms with E-state index in [0.717, 1.165) is 16.8 Å². The number of para-hydroxylation sites is 1. The molecule has 120 valence electrons. The number of hydrogen-bond donors (Lipinski definition) is 2. The normalized spacial score (nSPS) is 15.8. The summed E-state index contributed by atoms with van der Waals surface area (Å²) in [6.07, 6.45) is 1.19. The number of carboxylic acids is 2. The van der Waals surface area contributed by atoms with Gasteiger partial charge in [0.2, 0.25) is 0 Å². The van der Waals surface area contributed by atoms with E-state index in [9.17, 15) is 14.7 Å². The van der Waals surface area contributed by atoms with Crippen LogP contribution in [0.3, 0.4) is 0 Å². The van der Waals surface area contributed by atoms with Gasteiger partial charge in [-0.05, 0) is 31.9 Å². The molecule has 6 nitrogen and oxygen atoms in total. The van der Waals surface area contributed by atoms with E-state index in [1.165, 1.54) is 0 Å². The third-order valence-corrected chi connectivity index (χ3v) is 4.36. The Bertz CT molecular complexity index is 780. The second-order valence-corrected chi connectivity index (χ2v) is 5.89. The lowest BCUT2D eigenvalue weighted by Crippen LogP contribution is -2.36. The number of pyridine rings is 1. The van der Waals surface area contributed by atoms with Crippen molar-refractivity contribution in [3.05, 3.63) is 35.5 Å². The number of nitrogens with zero attached hydrogens (tertiary/aromatic N) is 2. The minimum atomic E-state index is -0.996. The number of hydrogen-bond acceptors (Lipinski definition) is 4. The first kappa shape index (κ1) is 15.3. The van der Waals surface area contributed by atoms with Crippen LogP contribution in [-0.2, 0) is 4.79 Å². The predicted octanol–water partition coefficient (Wildman–Crippen LogP) is 2.54. The molecule has 1 aromatic carbocycles. The predicted molar refractivity (Wildman–Crippen MR) is 86.0 cm³/mol. The van der Waals surface area contributed by atoms with Crippen LogP contribution >= 0.6 is 0 Å². The highest BCUT2D eigenvalue weighted by molar-refractivity contribution is 6.05. The summed E-state index contributed by atoms with van der Waals surface area (Å²) < 4.78 is 0. The minimum Gasteiger partial charge on any atom is -0.481 e. The summed E-state index contributed by atoms with van der Waals surface area (Å²) in [4.78, 5) is 29.0. The van der Waals surface area contributed by atoms with Gasteiger partial charge in [0.05, 0.1) is 17.0 Å². The van der Waals surface area contributed by atoms with Crippen LogP contribution in [0.5, 0.6) is 0 Å². The molecule has 1 aliphatic heterocycles. The highest BCUT2D eigenvalue weighted by Crippen LogP contribution is 2.31. The molecule has 6 heteroatoms.